The molecule has 1 saturated heterocycles. The molecule has 1 aliphatic rings. The first-order chi connectivity index (χ1) is 8.99. The van der Waals surface area contributed by atoms with Gasteiger partial charge >= 0.3 is 12.0 Å². The number of carbonyl (C=O) groups is 2. The lowest BCUT2D eigenvalue weighted by molar-refractivity contribution is -0.142. The Morgan fingerprint density at radius 3 is 2.79 bits per heavy atom. The third-order valence-electron chi connectivity index (χ3n) is 3.54. The molecule has 104 valence electrons. The van der Waals surface area contributed by atoms with Crippen LogP contribution in [-0.2, 0) is 11.3 Å². The second kappa shape index (κ2) is 5.61. The summed E-state index contributed by atoms with van der Waals surface area (Å²) >= 11 is 1.65. The van der Waals surface area contributed by atoms with E-state index in [2.05, 4.69) is 5.32 Å². The Morgan fingerprint density at radius 1 is 1.53 bits per heavy atom. The number of rotatable bonds is 3. The van der Waals surface area contributed by atoms with Crippen LogP contribution in [0.15, 0.2) is 12.1 Å². The first kappa shape index (κ1) is 13.9. The van der Waals surface area contributed by atoms with Gasteiger partial charge < -0.3 is 15.3 Å². The highest BCUT2D eigenvalue weighted by molar-refractivity contribution is 7.11. The highest BCUT2D eigenvalue weighted by Gasteiger charge is 2.37. The van der Waals surface area contributed by atoms with Crippen molar-refractivity contribution in [2.75, 3.05) is 6.54 Å². The lowest BCUT2D eigenvalue weighted by Crippen LogP contribution is -2.43. The van der Waals surface area contributed by atoms with Crippen LogP contribution in [0.4, 0.5) is 4.79 Å². The van der Waals surface area contributed by atoms with Crippen molar-refractivity contribution in [1.29, 1.82) is 0 Å². The summed E-state index contributed by atoms with van der Waals surface area (Å²) in [6, 6.07) is 3.59. The minimum Gasteiger partial charge on any atom is -0.481 e. The molecular weight excluding hydrogens is 264 g/mol. The van der Waals surface area contributed by atoms with Gasteiger partial charge in [0, 0.05) is 22.3 Å². The predicted octanol–water partition coefficient (Wildman–Crippen LogP) is 2.06. The summed E-state index contributed by atoms with van der Waals surface area (Å²) in [6.45, 7) is 4.82. The smallest absolute Gasteiger partial charge is 0.317 e. The Morgan fingerprint density at radius 2 is 2.26 bits per heavy atom. The highest BCUT2D eigenvalue weighted by Crippen LogP contribution is 2.24. The molecule has 2 heterocycles. The molecule has 6 heteroatoms. The molecule has 2 amide bonds. The molecule has 0 radical (unpaired) electrons. The summed E-state index contributed by atoms with van der Waals surface area (Å²) in [5, 5.41) is 11.9. The van der Waals surface area contributed by atoms with E-state index in [0.717, 1.165) is 4.88 Å². The number of aryl methyl sites for hydroxylation is 1. The molecule has 0 aromatic carbocycles. The van der Waals surface area contributed by atoms with E-state index in [1.54, 1.807) is 23.2 Å². The van der Waals surface area contributed by atoms with Crippen LogP contribution in [-0.4, -0.2) is 34.6 Å². The fourth-order valence-electron chi connectivity index (χ4n) is 2.40. The molecule has 5 nitrogen and oxygen atoms in total. The van der Waals surface area contributed by atoms with Crippen LogP contribution >= 0.6 is 11.3 Å². The summed E-state index contributed by atoms with van der Waals surface area (Å²) in [5.41, 5.74) is 0. The average Bonchev–Trinajstić information content (AvgIpc) is 2.92. The first-order valence-electron chi connectivity index (χ1n) is 6.31. The van der Waals surface area contributed by atoms with Crippen molar-refractivity contribution in [1.82, 2.24) is 10.2 Å². The van der Waals surface area contributed by atoms with E-state index in [1.807, 2.05) is 19.1 Å². The molecule has 2 atom stereocenters. The summed E-state index contributed by atoms with van der Waals surface area (Å²) < 4.78 is 0. The number of aliphatic carboxylic acids is 1. The van der Waals surface area contributed by atoms with E-state index in [9.17, 15) is 9.59 Å². The first-order valence-corrected chi connectivity index (χ1v) is 7.13. The molecule has 1 aliphatic heterocycles. The highest BCUT2D eigenvalue weighted by atomic mass is 32.1. The van der Waals surface area contributed by atoms with Crippen LogP contribution in [0.5, 0.6) is 0 Å². The van der Waals surface area contributed by atoms with Gasteiger partial charge in [0.15, 0.2) is 0 Å². The van der Waals surface area contributed by atoms with Crippen LogP contribution in [0.2, 0.25) is 0 Å². The maximum atomic E-state index is 12.0. The Hall–Kier alpha value is -1.56. The van der Waals surface area contributed by atoms with Gasteiger partial charge in [-0.2, -0.15) is 0 Å². The number of nitrogens with zero attached hydrogens (tertiary/aromatic N) is 1. The normalized spacial score (nSPS) is 22.5. The Bertz CT molecular complexity index is 486. The lowest BCUT2D eigenvalue weighted by atomic mass is 10.0. The van der Waals surface area contributed by atoms with E-state index in [-0.39, 0.29) is 12.1 Å². The van der Waals surface area contributed by atoms with Crippen LogP contribution < -0.4 is 5.32 Å². The Labute approximate surface area is 116 Å². The van der Waals surface area contributed by atoms with Gasteiger partial charge in [-0.3, -0.25) is 4.79 Å². The zero-order valence-electron chi connectivity index (χ0n) is 11.0. The summed E-state index contributed by atoms with van der Waals surface area (Å²) in [6.07, 6.45) is 0.530. The van der Waals surface area contributed by atoms with E-state index in [4.69, 9.17) is 5.11 Å². The number of carboxylic acids is 1. The van der Waals surface area contributed by atoms with E-state index >= 15 is 0 Å². The molecule has 1 aromatic rings. The van der Waals surface area contributed by atoms with E-state index < -0.39 is 11.9 Å². The number of urea groups is 1. The number of hydrogen-bond donors (Lipinski definition) is 2. The maximum absolute atomic E-state index is 12.0. The maximum Gasteiger partial charge on any atom is 0.317 e. The van der Waals surface area contributed by atoms with Crippen molar-refractivity contribution in [3.05, 3.63) is 21.9 Å². The molecule has 2 unspecified atom stereocenters. The molecule has 0 spiro atoms. The number of likely N-dealkylation sites (tertiary alicyclic amines) is 1. The molecule has 0 aliphatic carbocycles. The average molecular weight is 282 g/mol. The van der Waals surface area contributed by atoms with Gasteiger partial charge in [-0.25, -0.2) is 4.79 Å². The largest absolute Gasteiger partial charge is 0.481 e. The molecule has 0 bridgehead atoms. The Balaban J connectivity index is 1.89. The number of carboxylic acid groups (broad SMARTS) is 1. The van der Waals surface area contributed by atoms with Gasteiger partial charge in [0.25, 0.3) is 0 Å². The SMILES string of the molecule is Cc1ccc(CNC(=O)N2CCC(C(=O)O)C2C)s1. The molecule has 2 N–H and O–H groups in total. The second-order valence-electron chi connectivity index (χ2n) is 4.84. The zero-order chi connectivity index (χ0) is 14.0. The molecule has 1 fully saturated rings. The lowest BCUT2D eigenvalue weighted by Gasteiger charge is -2.23. The minimum absolute atomic E-state index is 0.178. The summed E-state index contributed by atoms with van der Waals surface area (Å²) in [5.74, 6) is -1.27. The van der Waals surface area contributed by atoms with Crippen LogP contribution in [0.3, 0.4) is 0 Å². The van der Waals surface area contributed by atoms with Crippen molar-refractivity contribution < 1.29 is 14.7 Å². The van der Waals surface area contributed by atoms with Crippen LogP contribution in [0, 0.1) is 12.8 Å². The third kappa shape index (κ3) is 3.07. The van der Waals surface area contributed by atoms with E-state index in [1.165, 1.54) is 4.88 Å². The summed E-state index contributed by atoms with van der Waals surface area (Å²) in [7, 11) is 0. The quantitative estimate of drug-likeness (QED) is 0.891. The van der Waals surface area contributed by atoms with Gasteiger partial charge in [-0.1, -0.05) is 0 Å². The topological polar surface area (TPSA) is 69.6 Å². The molecule has 0 saturated carbocycles. The van der Waals surface area contributed by atoms with E-state index in [0.29, 0.717) is 19.5 Å². The number of hydrogen-bond acceptors (Lipinski definition) is 3. The number of carbonyl (C=O) groups excluding carboxylic acids is 1. The monoisotopic (exact) mass is 282 g/mol. The third-order valence-corrected chi connectivity index (χ3v) is 4.54. The minimum atomic E-state index is -0.823. The van der Waals surface area contributed by atoms with Crippen molar-refractivity contribution >= 4 is 23.3 Å². The zero-order valence-corrected chi connectivity index (χ0v) is 11.9. The Kier molecular flexibility index (Phi) is 4.09. The fourth-order valence-corrected chi connectivity index (χ4v) is 3.23. The summed E-state index contributed by atoms with van der Waals surface area (Å²) in [4.78, 5) is 27.0. The number of amides is 2. The van der Waals surface area contributed by atoms with Gasteiger partial charge in [-0.15, -0.1) is 11.3 Å². The fraction of sp³-hybridized carbons (Fsp3) is 0.538. The second-order valence-corrected chi connectivity index (χ2v) is 6.21. The van der Waals surface area contributed by atoms with Crippen molar-refractivity contribution in [3.63, 3.8) is 0 Å². The van der Waals surface area contributed by atoms with Gasteiger partial charge in [0.05, 0.1) is 12.5 Å². The van der Waals surface area contributed by atoms with Crippen molar-refractivity contribution in [2.24, 2.45) is 5.92 Å². The van der Waals surface area contributed by atoms with Crippen LogP contribution in [0.1, 0.15) is 23.1 Å². The van der Waals surface area contributed by atoms with Crippen molar-refractivity contribution in [3.8, 4) is 0 Å². The van der Waals surface area contributed by atoms with Gasteiger partial charge in [0.2, 0.25) is 0 Å². The van der Waals surface area contributed by atoms with Crippen LogP contribution in [0.25, 0.3) is 0 Å². The number of thiophene rings is 1. The van der Waals surface area contributed by atoms with Gasteiger partial charge in [0.1, 0.15) is 0 Å². The van der Waals surface area contributed by atoms with Gasteiger partial charge in [-0.05, 0) is 32.4 Å². The number of nitrogens with one attached hydrogen (secondary N) is 1. The molecule has 2 rings (SSSR count). The predicted molar refractivity (Wildman–Crippen MR) is 73.2 cm³/mol. The molecular formula is C13H18N2O3S. The molecule has 1 aromatic heterocycles. The molecule has 19 heavy (non-hydrogen) atoms. The standard InChI is InChI=1S/C13H18N2O3S/c1-8-3-4-10(19-8)7-14-13(18)15-6-5-11(9(15)2)12(16)17/h3-4,9,11H,5-7H2,1-2H3,(H,14,18)(H,16,17). The van der Waals surface area contributed by atoms with Crippen molar-refractivity contribution in [2.45, 2.75) is 32.9 Å².